The second-order valence-corrected chi connectivity index (χ2v) is 6.69. The van der Waals surface area contributed by atoms with Gasteiger partial charge >= 0.3 is 0 Å². The Hall–Kier alpha value is -1.01. The number of halogens is 4. The van der Waals surface area contributed by atoms with E-state index in [1.807, 2.05) is 0 Å². The minimum atomic E-state index is -3.98. The average Bonchev–Trinajstić information content (AvgIpc) is 2.38. The van der Waals surface area contributed by atoms with Crippen LogP contribution in [0.5, 0.6) is 0 Å². The van der Waals surface area contributed by atoms with Gasteiger partial charge in [-0.3, -0.25) is 4.72 Å². The number of rotatable bonds is 3. The lowest BCUT2D eigenvalue weighted by Gasteiger charge is -2.10. The molecule has 106 valence electrons. The Morgan fingerprint density at radius 2 is 1.65 bits per heavy atom. The Balaban J connectivity index is 2.41. The van der Waals surface area contributed by atoms with Crippen LogP contribution in [0.25, 0.3) is 0 Å². The first kappa shape index (κ1) is 15.4. The summed E-state index contributed by atoms with van der Waals surface area (Å²) in [6, 6.07) is 7.78. The van der Waals surface area contributed by atoms with E-state index in [4.69, 9.17) is 34.8 Å². The monoisotopic (exact) mass is 353 g/mol. The molecule has 0 aromatic heterocycles. The van der Waals surface area contributed by atoms with Gasteiger partial charge in [0.05, 0.1) is 25.7 Å². The fourth-order valence-corrected chi connectivity index (χ4v) is 3.05. The van der Waals surface area contributed by atoms with Crippen LogP contribution >= 0.6 is 34.8 Å². The Morgan fingerprint density at radius 3 is 2.30 bits per heavy atom. The van der Waals surface area contributed by atoms with E-state index in [9.17, 15) is 12.8 Å². The normalized spacial score (nSPS) is 11.4. The van der Waals surface area contributed by atoms with E-state index >= 15 is 0 Å². The van der Waals surface area contributed by atoms with Gasteiger partial charge in [-0.2, -0.15) is 0 Å². The number of nitrogens with one attached hydrogen (secondary N) is 1. The Bertz CT molecular complexity index is 765. The highest BCUT2D eigenvalue weighted by atomic mass is 35.5. The van der Waals surface area contributed by atoms with Crippen LogP contribution in [0.3, 0.4) is 0 Å². The third-order valence-electron chi connectivity index (χ3n) is 2.40. The number of hydrogen-bond acceptors (Lipinski definition) is 2. The van der Waals surface area contributed by atoms with Crippen LogP contribution in [0.4, 0.5) is 10.1 Å². The van der Waals surface area contributed by atoms with Gasteiger partial charge in [-0.1, -0.05) is 40.9 Å². The fourth-order valence-electron chi connectivity index (χ4n) is 1.43. The molecule has 2 aromatic carbocycles. The summed E-state index contributed by atoms with van der Waals surface area (Å²) in [7, 11) is -3.98. The molecule has 0 aliphatic carbocycles. The quantitative estimate of drug-likeness (QED) is 0.876. The van der Waals surface area contributed by atoms with Gasteiger partial charge in [0, 0.05) is 0 Å². The molecule has 8 heteroatoms. The summed E-state index contributed by atoms with van der Waals surface area (Å²) in [5.74, 6) is -0.849. The van der Waals surface area contributed by atoms with E-state index in [1.165, 1.54) is 36.4 Å². The lowest BCUT2D eigenvalue weighted by atomic mass is 10.3. The highest BCUT2D eigenvalue weighted by Crippen LogP contribution is 2.28. The van der Waals surface area contributed by atoms with Crippen LogP contribution in [0.1, 0.15) is 0 Å². The molecule has 0 atom stereocenters. The van der Waals surface area contributed by atoms with Crippen molar-refractivity contribution in [1.82, 2.24) is 0 Å². The van der Waals surface area contributed by atoms with Gasteiger partial charge in [-0.05, 0) is 30.3 Å². The molecule has 0 radical (unpaired) electrons. The van der Waals surface area contributed by atoms with Crippen LogP contribution in [0, 0.1) is 5.82 Å². The molecule has 20 heavy (non-hydrogen) atoms. The van der Waals surface area contributed by atoms with Gasteiger partial charge in [-0.25, -0.2) is 12.8 Å². The van der Waals surface area contributed by atoms with Gasteiger partial charge in [0.1, 0.15) is 0 Å². The second kappa shape index (κ2) is 5.77. The molecule has 3 nitrogen and oxygen atoms in total. The molecule has 0 spiro atoms. The zero-order valence-corrected chi connectivity index (χ0v) is 12.8. The first-order chi connectivity index (χ1) is 9.31. The molecule has 1 N–H and O–H groups in total. The van der Waals surface area contributed by atoms with Crippen molar-refractivity contribution in [3.63, 3.8) is 0 Å². The van der Waals surface area contributed by atoms with Gasteiger partial charge in [-0.15, -0.1) is 0 Å². The minimum absolute atomic E-state index is 0.0844. The first-order valence-corrected chi connectivity index (χ1v) is 7.85. The zero-order chi connectivity index (χ0) is 14.9. The van der Waals surface area contributed by atoms with Gasteiger partial charge < -0.3 is 0 Å². The van der Waals surface area contributed by atoms with Gasteiger partial charge in [0.2, 0.25) is 0 Å². The molecule has 0 heterocycles. The van der Waals surface area contributed by atoms with E-state index in [0.717, 1.165) is 0 Å². The fraction of sp³-hybridized carbons (Fsp3) is 0. The minimum Gasteiger partial charge on any atom is -0.277 e. The molecule has 0 unspecified atom stereocenters. The maximum absolute atomic E-state index is 13.7. The van der Waals surface area contributed by atoms with E-state index in [0.29, 0.717) is 0 Å². The summed E-state index contributed by atoms with van der Waals surface area (Å²) in [6.45, 7) is 0. The number of sulfonamides is 1. The van der Waals surface area contributed by atoms with Crippen molar-refractivity contribution in [3.05, 3.63) is 57.3 Å². The third kappa shape index (κ3) is 3.17. The van der Waals surface area contributed by atoms with Crippen LogP contribution in [-0.2, 0) is 10.0 Å². The SMILES string of the molecule is O=S(=O)(Nc1cccc(Cl)c1F)c1ccc(Cl)c(Cl)c1. The van der Waals surface area contributed by atoms with E-state index in [1.54, 1.807) is 0 Å². The third-order valence-corrected chi connectivity index (χ3v) is 4.79. The summed E-state index contributed by atoms with van der Waals surface area (Å²) >= 11 is 17.1. The van der Waals surface area contributed by atoms with Crippen LogP contribution in [-0.4, -0.2) is 8.42 Å². The van der Waals surface area contributed by atoms with E-state index < -0.39 is 15.8 Å². The number of hydrogen-bond donors (Lipinski definition) is 1. The lowest BCUT2D eigenvalue weighted by Crippen LogP contribution is -2.14. The summed E-state index contributed by atoms with van der Waals surface area (Å²) < 4.78 is 40.0. The summed E-state index contributed by atoms with van der Waals surface area (Å²) in [6.07, 6.45) is 0. The number of benzene rings is 2. The second-order valence-electron chi connectivity index (χ2n) is 3.78. The van der Waals surface area contributed by atoms with E-state index in [-0.39, 0.29) is 25.7 Å². The van der Waals surface area contributed by atoms with Crippen LogP contribution < -0.4 is 4.72 Å². The van der Waals surface area contributed by atoms with Crippen molar-refractivity contribution in [2.45, 2.75) is 4.90 Å². The largest absolute Gasteiger partial charge is 0.277 e. The molecular formula is C12H7Cl3FNO2S. The molecular weight excluding hydrogens is 348 g/mol. The number of anilines is 1. The molecule has 2 aromatic rings. The van der Waals surface area contributed by atoms with Crippen molar-refractivity contribution in [3.8, 4) is 0 Å². The standard InChI is InChI=1S/C12H7Cl3FNO2S/c13-8-5-4-7(6-10(8)15)20(18,19)17-11-3-1-2-9(14)12(11)16/h1-6,17H. The maximum Gasteiger partial charge on any atom is 0.262 e. The predicted octanol–water partition coefficient (Wildman–Crippen LogP) is 4.59. The van der Waals surface area contributed by atoms with Crippen molar-refractivity contribution >= 4 is 50.5 Å². The summed E-state index contributed by atoms with van der Waals surface area (Å²) in [5.41, 5.74) is -0.247. The Morgan fingerprint density at radius 1 is 0.950 bits per heavy atom. The van der Waals surface area contributed by atoms with Crippen LogP contribution in [0.15, 0.2) is 41.3 Å². The molecule has 0 saturated carbocycles. The smallest absolute Gasteiger partial charge is 0.262 e. The predicted molar refractivity (Wildman–Crippen MR) is 78.7 cm³/mol. The summed E-state index contributed by atoms with van der Waals surface area (Å²) in [5, 5.41) is 0.125. The van der Waals surface area contributed by atoms with Crippen molar-refractivity contribution in [1.29, 1.82) is 0 Å². The molecule has 0 fully saturated rings. The Labute approximate surface area is 130 Å². The van der Waals surface area contributed by atoms with Crippen LogP contribution in [0.2, 0.25) is 15.1 Å². The molecule has 0 amide bonds. The molecule has 0 saturated heterocycles. The first-order valence-electron chi connectivity index (χ1n) is 5.23. The molecule has 0 aliphatic rings. The van der Waals surface area contributed by atoms with Crippen molar-refractivity contribution < 1.29 is 12.8 Å². The van der Waals surface area contributed by atoms with Crippen molar-refractivity contribution in [2.24, 2.45) is 0 Å². The highest BCUT2D eigenvalue weighted by Gasteiger charge is 2.18. The summed E-state index contributed by atoms with van der Waals surface area (Å²) in [4.78, 5) is -0.133. The molecule has 0 aliphatic heterocycles. The van der Waals surface area contributed by atoms with Gasteiger partial charge in [0.15, 0.2) is 5.82 Å². The molecule has 0 bridgehead atoms. The van der Waals surface area contributed by atoms with E-state index in [2.05, 4.69) is 4.72 Å². The highest BCUT2D eigenvalue weighted by molar-refractivity contribution is 7.92. The lowest BCUT2D eigenvalue weighted by molar-refractivity contribution is 0.598. The zero-order valence-electron chi connectivity index (χ0n) is 9.70. The molecule has 2 rings (SSSR count). The Kier molecular flexibility index (Phi) is 4.44. The average molecular weight is 355 g/mol. The maximum atomic E-state index is 13.7. The van der Waals surface area contributed by atoms with Gasteiger partial charge in [0.25, 0.3) is 10.0 Å². The topological polar surface area (TPSA) is 46.2 Å². The van der Waals surface area contributed by atoms with Crippen molar-refractivity contribution in [2.75, 3.05) is 4.72 Å².